The van der Waals surface area contributed by atoms with Crippen molar-refractivity contribution in [1.82, 2.24) is 9.88 Å². The van der Waals surface area contributed by atoms with Gasteiger partial charge in [-0.05, 0) is 84.9 Å². The van der Waals surface area contributed by atoms with Gasteiger partial charge in [0.15, 0.2) is 5.78 Å². The third-order valence-corrected chi connectivity index (χ3v) is 13.2. The van der Waals surface area contributed by atoms with Crippen LogP contribution >= 0.6 is 7.60 Å². The number of hydrogen-bond acceptors (Lipinski definition) is 8. The van der Waals surface area contributed by atoms with Crippen LogP contribution in [0.4, 0.5) is 0 Å². The molecule has 2 N–H and O–H groups in total. The van der Waals surface area contributed by atoms with E-state index in [1.165, 1.54) is 11.0 Å². The number of pyridine rings is 1. The van der Waals surface area contributed by atoms with Crippen LogP contribution in [0.25, 0.3) is 10.8 Å². The first kappa shape index (κ1) is 35.6. The second kappa shape index (κ2) is 13.8. The molecule has 266 valence electrons. The molecule has 0 radical (unpaired) electrons. The maximum atomic E-state index is 14.6. The van der Waals surface area contributed by atoms with E-state index in [9.17, 15) is 28.7 Å². The van der Waals surface area contributed by atoms with Crippen molar-refractivity contribution in [2.24, 2.45) is 23.2 Å². The van der Waals surface area contributed by atoms with Crippen LogP contribution in [-0.2, 0) is 30.1 Å². The van der Waals surface area contributed by atoms with Gasteiger partial charge in [-0.1, -0.05) is 32.8 Å². The number of esters is 1. The summed E-state index contributed by atoms with van der Waals surface area (Å²) in [6, 6.07) is 4.89. The number of aromatic nitrogens is 1. The van der Waals surface area contributed by atoms with Crippen LogP contribution < -0.4 is 9.47 Å². The Morgan fingerprint density at radius 3 is 2.63 bits per heavy atom. The molecule has 1 amide bonds. The maximum absolute atomic E-state index is 14.6. The molecule has 49 heavy (non-hydrogen) atoms. The number of nitrogens with zero attached hydrogens (tertiary/aromatic N) is 2. The Morgan fingerprint density at radius 1 is 1.20 bits per heavy atom. The monoisotopic (exact) mass is 696 g/mol. The third kappa shape index (κ3) is 7.31. The van der Waals surface area contributed by atoms with Crippen LogP contribution in [-0.4, -0.2) is 74.9 Å². The van der Waals surface area contributed by atoms with E-state index in [1.807, 2.05) is 18.2 Å². The molecule has 6 rings (SSSR count). The SMILES string of the molecule is C=CC1CC1(CC(=O)[C@@H]1C[C@@H]2CN1C(=O)[C@H](C1CCCC1)CC(=O)OCC(C)(C)CCCc1cc3c(nccc3cc1OC)O2)P(=O)(O)O. The van der Waals surface area contributed by atoms with E-state index in [-0.39, 0.29) is 56.1 Å². The number of allylic oxidation sites excluding steroid dienone is 1. The minimum absolute atomic E-state index is 0.0301. The lowest BCUT2D eigenvalue weighted by Crippen LogP contribution is -2.46. The largest absolute Gasteiger partial charge is 0.496 e. The Bertz CT molecular complexity index is 1660. The summed E-state index contributed by atoms with van der Waals surface area (Å²) in [5, 5.41) is 0.149. The van der Waals surface area contributed by atoms with Crippen molar-refractivity contribution >= 4 is 36.0 Å². The van der Waals surface area contributed by atoms with Crippen LogP contribution in [0, 0.1) is 23.2 Å². The lowest BCUT2D eigenvalue weighted by molar-refractivity contribution is -0.153. The summed E-state index contributed by atoms with van der Waals surface area (Å²) in [5.74, 6) is -1.24. The number of cyclic esters (lactones) is 1. The Labute approximate surface area is 287 Å². The minimum atomic E-state index is -4.66. The Hall–Kier alpha value is -3.27. The lowest BCUT2D eigenvalue weighted by atomic mass is 9.86. The van der Waals surface area contributed by atoms with Gasteiger partial charge < -0.3 is 28.9 Å². The van der Waals surface area contributed by atoms with E-state index >= 15 is 0 Å². The Morgan fingerprint density at radius 2 is 1.96 bits per heavy atom. The molecule has 2 unspecified atom stereocenters. The summed E-state index contributed by atoms with van der Waals surface area (Å²) in [4.78, 5) is 68.7. The predicted octanol–water partition coefficient (Wildman–Crippen LogP) is 5.78. The summed E-state index contributed by atoms with van der Waals surface area (Å²) in [6.07, 6.45) is 8.23. The molecule has 12 heteroatoms. The molecule has 3 heterocycles. The standard InChI is InChI=1S/C37H49N2O9P/c1-5-26-19-37(26,49(43,44)45)20-31(40)30-17-27-21-39(30)35(42)29(23-9-6-7-10-23)18-33(41)47-22-36(2,3)13-8-11-25-15-28-24(16-32(25)46-4)12-14-38-34(28)48-27/h5,12,14-16,23,26-27,29-30H,1,6-11,13,17-22H2,2-4H3,(H2,43,44,45)/t26?,27-,29+,30+,37?/m1/s1. The molecule has 4 bridgehead atoms. The van der Waals surface area contributed by atoms with Crippen LogP contribution in [0.15, 0.2) is 37.1 Å². The third-order valence-electron chi connectivity index (χ3n) is 11.4. The lowest BCUT2D eigenvalue weighted by Gasteiger charge is -2.31. The number of methoxy groups -OCH3 is 1. The van der Waals surface area contributed by atoms with E-state index in [0.717, 1.165) is 67.0 Å². The molecule has 3 fully saturated rings. The molecular weight excluding hydrogens is 647 g/mol. The highest BCUT2D eigenvalue weighted by Gasteiger charge is 2.65. The van der Waals surface area contributed by atoms with E-state index in [1.54, 1.807) is 13.3 Å². The molecule has 2 aliphatic carbocycles. The van der Waals surface area contributed by atoms with Gasteiger partial charge in [-0.15, -0.1) is 6.58 Å². The minimum Gasteiger partial charge on any atom is -0.496 e. The van der Waals surface area contributed by atoms with Crippen molar-refractivity contribution in [1.29, 1.82) is 0 Å². The second-order valence-corrected chi connectivity index (χ2v) is 17.3. The van der Waals surface area contributed by atoms with E-state index in [0.29, 0.717) is 5.88 Å². The van der Waals surface area contributed by atoms with Gasteiger partial charge in [0, 0.05) is 24.4 Å². The van der Waals surface area contributed by atoms with Crippen LogP contribution in [0.3, 0.4) is 0 Å². The summed E-state index contributed by atoms with van der Waals surface area (Å²) in [5.41, 5.74) is 0.690. The summed E-state index contributed by atoms with van der Waals surface area (Å²) in [7, 11) is -3.02. The highest BCUT2D eigenvalue weighted by atomic mass is 31.2. The Balaban J connectivity index is 1.38. The molecule has 1 saturated heterocycles. The quantitative estimate of drug-likeness (QED) is 0.207. The van der Waals surface area contributed by atoms with Gasteiger partial charge in [0.1, 0.15) is 11.9 Å². The first-order chi connectivity index (χ1) is 23.2. The van der Waals surface area contributed by atoms with Gasteiger partial charge in [-0.2, -0.15) is 0 Å². The zero-order valence-electron chi connectivity index (χ0n) is 28.8. The summed E-state index contributed by atoms with van der Waals surface area (Å²) >= 11 is 0. The van der Waals surface area contributed by atoms with Crippen molar-refractivity contribution in [2.75, 3.05) is 20.3 Å². The number of ether oxygens (including phenoxy) is 3. The zero-order valence-corrected chi connectivity index (χ0v) is 29.7. The van der Waals surface area contributed by atoms with Gasteiger partial charge in [0.05, 0.1) is 43.8 Å². The molecule has 2 aliphatic heterocycles. The fourth-order valence-electron chi connectivity index (χ4n) is 8.34. The van der Waals surface area contributed by atoms with Crippen molar-refractivity contribution in [2.45, 2.75) is 102 Å². The number of amides is 1. The number of fused-ring (bicyclic) bond motifs is 3. The summed E-state index contributed by atoms with van der Waals surface area (Å²) < 4.78 is 30.7. The topological polar surface area (TPSA) is 153 Å². The maximum Gasteiger partial charge on any atom is 0.332 e. The number of aryl methyl sites for hydroxylation is 1. The van der Waals surface area contributed by atoms with E-state index in [4.69, 9.17) is 14.2 Å². The second-order valence-electron chi connectivity index (χ2n) is 15.4. The van der Waals surface area contributed by atoms with Crippen LogP contribution in [0.1, 0.15) is 83.6 Å². The first-order valence-electron chi connectivity index (χ1n) is 17.5. The molecular formula is C37H49N2O9P. The average molecular weight is 697 g/mol. The molecule has 2 saturated carbocycles. The van der Waals surface area contributed by atoms with Crippen LogP contribution in [0.2, 0.25) is 0 Å². The predicted molar refractivity (Wildman–Crippen MR) is 183 cm³/mol. The molecule has 1 aromatic carbocycles. The van der Waals surface area contributed by atoms with Gasteiger partial charge >= 0.3 is 13.6 Å². The van der Waals surface area contributed by atoms with Crippen molar-refractivity contribution in [3.63, 3.8) is 0 Å². The number of benzene rings is 1. The van der Waals surface area contributed by atoms with Gasteiger partial charge in [-0.25, -0.2) is 4.98 Å². The number of hydrogen-bond donors (Lipinski definition) is 2. The highest BCUT2D eigenvalue weighted by Crippen LogP contribution is 2.71. The fourth-order valence-corrected chi connectivity index (χ4v) is 9.68. The molecule has 11 nitrogen and oxygen atoms in total. The smallest absolute Gasteiger partial charge is 0.332 e. The normalized spacial score (nSPS) is 29.6. The number of carbonyl (C=O) groups excluding carboxylic acids is 3. The van der Waals surface area contributed by atoms with Crippen molar-refractivity contribution in [3.05, 3.63) is 42.6 Å². The highest BCUT2D eigenvalue weighted by molar-refractivity contribution is 7.54. The fraction of sp³-hybridized carbons (Fsp3) is 0.622. The van der Waals surface area contributed by atoms with Crippen LogP contribution in [0.5, 0.6) is 11.6 Å². The number of Topliss-reactive ketones (excluding diaryl/α,β-unsaturated/α-hetero) is 1. The van der Waals surface area contributed by atoms with Gasteiger partial charge in [0.2, 0.25) is 11.8 Å². The van der Waals surface area contributed by atoms with Crippen molar-refractivity contribution < 1.29 is 42.9 Å². The zero-order chi connectivity index (χ0) is 35.1. The van der Waals surface area contributed by atoms with E-state index in [2.05, 4.69) is 25.4 Å². The number of ketones is 1. The molecule has 0 spiro atoms. The van der Waals surface area contributed by atoms with Gasteiger partial charge in [-0.3, -0.25) is 18.9 Å². The summed E-state index contributed by atoms with van der Waals surface area (Å²) in [6.45, 7) is 8.14. The molecule has 4 aliphatic rings. The number of carbonyl (C=O) groups is 3. The van der Waals surface area contributed by atoms with E-state index < -0.39 is 48.5 Å². The molecule has 5 atom stereocenters. The average Bonchev–Trinajstić information content (AvgIpc) is 3.35. The Kier molecular flexibility index (Phi) is 10.0. The number of rotatable bonds is 7. The van der Waals surface area contributed by atoms with Crippen molar-refractivity contribution in [3.8, 4) is 11.6 Å². The molecule has 1 aromatic heterocycles. The molecule has 2 aromatic rings. The first-order valence-corrected chi connectivity index (χ1v) is 19.2. The van der Waals surface area contributed by atoms with Gasteiger partial charge in [0.25, 0.3) is 0 Å².